The smallest absolute Gasteiger partial charge is 0.390 e. The summed E-state index contributed by atoms with van der Waals surface area (Å²) >= 11 is 0. The minimum absolute atomic E-state index is 0.0321. The van der Waals surface area contributed by atoms with E-state index in [4.69, 9.17) is 18.9 Å². The van der Waals surface area contributed by atoms with E-state index < -0.39 is 18.9 Å². The molecule has 0 saturated carbocycles. The van der Waals surface area contributed by atoms with Gasteiger partial charge in [0.25, 0.3) is 10.1 Å². The fourth-order valence-electron chi connectivity index (χ4n) is 1.21. The highest BCUT2D eigenvalue weighted by Crippen LogP contribution is 2.02. The lowest BCUT2D eigenvalue weighted by molar-refractivity contribution is 0.222. The van der Waals surface area contributed by atoms with Crippen LogP contribution < -0.4 is 0 Å². The van der Waals surface area contributed by atoms with Crippen LogP contribution in [0.25, 0.3) is 0 Å². The van der Waals surface area contributed by atoms with Crippen LogP contribution >= 0.6 is 0 Å². The van der Waals surface area contributed by atoms with Gasteiger partial charge < -0.3 is 19.3 Å². The zero-order chi connectivity index (χ0) is 12.8. The van der Waals surface area contributed by atoms with E-state index in [1.165, 1.54) is 0 Å². The third-order valence-corrected chi connectivity index (χ3v) is 3.82. The van der Waals surface area contributed by atoms with Gasteiger partial charge in [-0.1, -0.05) is 0 Å². The molecular formula is C7H19NO6SSi. The van der Waals surface area contributed by atoms with Crippen molar-refractivity contribution in [2.75, 3.05) is 25.9 Å². The van der Waals surface area contributed by atoms with Gasteiger partial charge in [0.05, 0.1) is 5.75 Å². The van der Waals surface area contributed by atoms with Crippen LogP contribution in [-0.2, 0) is 10.1 Å². The molecule has 0 heterocycles. The molecule has 0 bridgehead atoms. The Bertz CT molecular complexity index is 288. The molecule has 7 nitrogen and oxygen atoms in total. The number of hydrogen-bond acceptors (Lipinski definition) is 6. The molecule has 0 aliphatic rings. The second-order valence-electron chi connectivity index (χ2n) is 3.82. The van der Waals surface area contributed by atoms with E-state index in [9.17, 15) is 8.42 Å². The lowest BCUT2D eigenvalue weighted by Gasteiger charge is -2.17. The summed E-state index contributed by atoms with van der Waals surface area (Å²) in [7, 11) is -6.10. The maximum atomic E-state index is 10.4. The third kappa shape index (κ3) is 12.0. The van der Waals surface area contributed by atoms with Gasteiger partial charge in [-0.3, -0.25) is 4.55 Å². The van der Waals surface area contributed by atoms with Crippen LogP contribution in [-0.4, -0.2) is 67.0 Å². The molecule has 4 N–H and O–H groups in total. The predicted octanol–water partition coefficient (Wildman–Crippen LogP) is -1.50. The minimum Gasteiger partial charge on any atom is -0.390 e. The lowest BCUT2D eigenvalue weighted by Crippen LogP contribution is -2.35. The summed E-state index contributed by atoms with van der Waals surface area (Å²) in [4.78, 5) is 28.0. The minimum atomic E-state index is -3.95. The summed E-state index contributed by atoms with van der Waals surface area (Å²) in [5, 5.41) is 0. The summed E-state index contributed by atoms with van der Waals surface area (Å²) in [6.07, 6.45) is 0.743. The summed E-state index contributed by atoms with van der Waals surface area (Å²) in [5.74, 6) is -0.282. The Morgan fingerprint density at radius 3 is 2.06 bits per heavy atom. The molecule has 0 unspecified atom stereocenters. The van der Waals surface area contributed by atoms with Crippen molar-refractivity contribution in [1.82, 2.24) is 4.90 Å². The largest absolute Gasteiger partial charge is 0.492 e. The first kappa shape index (κ1) is 16.0. The standard InChI is InChI=1S/C7H19NO6SSi/c1-8(4-2-6-15(9,10)11)5-3-7-16(12,13)14/h12-14H,2-7H2,1H3,(H,9,10,11). The number of nitrogens with zero attached hydrogens (tertiary/aromatic N) is 1. The molecule has 98 valence electrons. The average molecular weight is 273 g/mol. The van der Waals surface area contributed by atoms with E-state index in [0.29, 0.717) is 25.9 Å². The molecule has 9 heteroatoms. The molecule has 0 aromatic rings. The Labute approximate surface area is 96.5 Å². The van der Waals surface area contributed by atoms with E-state index in [0.717, 1.165) is 0 Å². The topological polar surface area (TPSA) is 118 Å². The van der Waals surface area contributed by atoms with Crippen molar-refractivity contribution in [1.29, 1.82) is 0 Å². The Kier molecular flexibility index (Phi) is 6.63. The third-order valence-electron chi connectivity index (χ3n) is 1.99. The molecular weight excluding hydrogens is 254 g/mol. The zero-order valence-corrected chi connectivity index (χ0v) is 11.0. The molecule has 0 amide bonds. The van der Waals surface area contributed by atoms with E-state index in [1.807, 2.05) is 0 Å². The fourth-order valence-corrected chi connectivity index (χ4v) is 2.34. The normalized spacial score (nSPS) is 13.4. The van der Waals surface area contributed by atoms with Gasteiger partial charge in [0.2, 0.25) is 0 Å². The van der Waals surface area contributed by atoms with E-state index in [-0.39, 0.29) is 11.8 Å². The Balaban J connectivity index is 3.57. The summed E-state index contributed by atoms with van der Waals surface area (Å²) < 4.78 is 29.3. The Morgan fingerprint density at radius 2 is 1.62 bits per heavy atom. The van der Waals surface area contributed by atoms with Gasteiger partial charge in [0.1, 0.15) is 0 Å². The van der Waals surface area contributed by atoms with Crippen LogP contribution in [0.1, 0.15) is 12.8 Å². The molecule has 0 fully saturated rings. The monoisotopic (exact) mass is 273 g/mol. The van der Waals surface area contributed by atoms with Crippen LogP contribution in [0.4, 0.5) is 0 Å². The van der Waals surface area contributed by atoms with Crippen LogP contribution in [0.5, 0.6) is 0 Å². The zero-order valence-electron chi connectivity index (χ0n) is 9.20. The van der Waals surface area contributed by atoms with Gasteiger partial charge in [0, 0.05) is 6.04 Å². The fraction of sp³-hybridized carbons (Fsp3) is 1.00. The highest BCUT2D eigenvalue weighted by atomic mass is 32.2. The number of hydrogen-bond donors (Lipinski definition) is 4. The molecule has 0 aliphatic heterocycles. The molecule has 16 heavy (non-hydrogen) atoms. The first-order valence-electron chi connectivity index (χ1n) is 4.91. The lowest BCUT2D eigenvalue weighted by atomic mass is 10.4. The molecule has 0 aliphatic carbocycles. The van der Waals surface area contributed by atoms with Crippen molar-refractivity contribution in [3.63, 3.8) is 0 Å². The first-order valence-corrected chi connectivity index (χ1v) is 8.57. The van der Waals surface area contributed by atoms with Crippen molar-refractivity contribution in [3.8, 4) is 0 Å². The Hall–Kier alpha value is -0.0331. The van der Waals surface area contributed by atoms with Gasteiger partial charge in [-0.05, 0) is 33.0 Å². The quantitative estimate of drug-likeness (QED) is 0.314. The average Bonchev–Trinajstić information content (AvgIpc) is 1.98. The van der Waals surface area contributed by atoms with E-state index in [2.05, 4.69) is 0 Å². The van der Waals surface area contributed by atoms with Crippen LogP contribution in [0.3, 0.4) is 0 Å². The molecule has 0 rings (SSSR count). The summed E-state index contributed by atoms with van der Waals surface area (Å²) in [6.45, 7) is 1.01. The second-order valence-corrected chi connectivity index (χ2v) is 7.44. The Morgan fingerprint density at radius 1 is 1.12 bits per heavy atom. The van der Waals surface area contributed by atoms with Gasteiger partial charge >= 0.3 is 8.80 Å². The van der Waals surface area contributed by atoms with Gasteiger partial charge in [-0.2, -0.15) is 8.42 Å². The summed E-state index contributed by atoms with van der Waals surface area (Å²) in [5.41, 5.74) is 0. The van der Waals surface area contributed by atoms with Crippen molar-refractivity contribution in [2.45, 2.75) is 18.9 Å². The molecule has 0 aromatic heterocycles. The molecule has 0 atom stereocenters. The SMILES string of the molecule is CN(CCC[Si](O)(O)O)CCCS(=O)(=O)O. The van der Waals surface area contributed by atoms with Crippen molar-refractivity contribution in [2.24, 2.45) is 0 Å². The molecule has 0 radical (unpaired) electrons. The molecule has 0 aromatic carbocycles. The maximum Gasteiger partial charge on any atom is 0.492 e. The summed E-state index contributed by atoms with van der Waals surface area (Å²) in [6, 6.07) is -0.0321. The highest BCUT2D eigenvalue weighted by Gasteiger charge is 2.25. The first-order chi connectivity index (χ1) is 7.10. The van der Waals surface area contributed by atoms with Crippen LogP contribution in [0.15, 0.2) is 0 Å². The molecule has 0 saturated heterocycles. The van der Waals surface area contributed by atoms with E-state index >= 15 is 0 Å². The van der Waals surface area contributed by atoms with Crippen molar-refractivity contribution >= 4 is 18.9 Å². The second kappa shape index (κ2) is 6.64. The van der Waals surface area contributed by atoms with Crippen molar-refractivity contribution in [3.05, 3.63) is 0 Å². The number of rotatable bonds is 8. The highest BCUT2D eigenvalue weighted by molar-refractivity contribution is 7.85. The van der Waals surface area contributed by atoms with Crippen LogP contribution in [0, 0.1) is 0 Å². The van der Waals surface area contributed by atoms with Gasteiger partial charge in [-0.25, -0.2) is 0 Å². The van der Waals surface area contributed by atoms with Gasteiger partial charge in [-0.15, -0.1) is 0 Å². The van der Waals surface area contributed by atoms with Crippen molar-refractivity contribution < 1.29 is 27.4 Å². The van der Waals surface area contributed by atoms with Gasteiger partial charge in [0.15, 0.2) is 0 Å². The van der Waals surface area contributed by atoms with E-state index in [1.54, 1.807) is 11.9 Å². The maximum absolute atomic E-state index is 10.4. The molecule has 0 spiro atoms. The predicted molar refractivity (Wildman–Crippen MR) is 60.4 cm³/mol. The van der Waals surface area contributed by atoms with Crippen LogP contribution in [0.2, 0.25) is 6.04 Å².